The van der Waals surface area contributed by atoms with Crippen molar-refractivity contribution in [1.29, 1.82) is 0 Å². The zero-order chi connectivity index (χ0) is 29.6. The number of ether oxygens (including phenoxy) is 1. The molecule has 4 rings (SSSR count). The molecular formula is C31H33N5O5. The van der Waals surface area contributed by atoms with E-state index in [-0.39, 0.29) is 18.9 Å². The van der Waals surface area contributed by atoms with E-state index in [2.05, 4.69) is 20.6 Å². The van der Waals surface area contributed by atoms with Crippen LogP contribution < -0.4 is 15.5 Å². The fourth-order valence-electron chi connectivity index (χ4n) is 4.27. The van der Waals surface area contributed by atoms with Crippen LogP contribution in [0.2, 0.25) is 0 Å². The number of nitrogens with one attached hydrogen (secondary N) is 2. The predicted molar refractivity (Wildman–Crippen MR) is 156 cm³/mol. The van der Waals surface area contributed by atoms with Gasteiger partial charge >= 0.3 is 12.0 Å². The molecule has 0 bridgehead atoms. The van der Waals surface area contributed by atoms with Gasteiger partial charge in [-0.3, -0.25) is 19.4 Å². The summed E-state index contributed by atoms with van der Waals surface area (Å²) in [6.07, 6.45) is 1.05. The Morgan fingerprint density at radius 3 is 2.49 bits per heavy atom. The largest absolute Gasteiger partial charge is 0.465 e. The second-order valence-corrected chi connectivity index (χ2v) is 10.3. The Bertz CT molecular complexity index is 1480. The van der Waals surface area contributed by atoms with Crippen molar-refractivity contribution < 1.29 is 23.9 Å². The number of aryl methyl sites for hydroxylation is 1. The second kappa shape index (κ2) is 12.5. The summed E-state index contributed by atoms with van der Waals surface area (Å²) in [5.41, 5.74) is 2.45. The van der Waals surface area contributed by atoms with E-state index in [9.17, 15) is 19.2 Å². The van der Waals surface area contributed by atoms with Crippen LogP contribution in [-0.4, -0.2) is 53.7 Å². The maximum Gasteiger partial charge on any atom is 0.321 e. The van der Waals surface area contributed by atoms with E-state index < -0.39 is 29.5 Å². The van der Waals surface area contributed by atoms with Gasteiger partial charge in [0.15, 0.2) is 5.78 Å². The zero-order valence-electron chi connectivity index (χ0n) is 23.5. The van der Waals surface area contributed by atoms with E-state index in [1.807, 2.05) is 25.1 Å². The lowest BCUT2D eigenvalue weighted by molar-refractivity contribution is -0.146. The van der Waals surface area contributed by atoms with E-state index in [1.165, 1.54) is 11.8 Å². The zero-order valence-corrected chi connectivity index (χ0v) is 23.5. The molecule has 2 N–H and O–H groups in total. The summed E-state index contributed by atoms with van der Waals surface area (Å²) < 4.78 is 5.10. The number of aromatic nitrogens is 1. The number of carbonyl (C=O) groups is 4. The van der Waals surface area contributed by atoms with Crippen molar-refractivity contribution in [2.24, 2.45) is 10.4 Å². The van der Waals surface area contributed by atoms with Crippen LogP contribution in [0.25, 0.3) is 0 Å². The third-order valence-electron chi connectivity index (χ3n) is 6.67. The standard InChI is InChI=1S/C31H33N5O5/c1-5-21-11-10-12-22(17-21)33-30(40)35-28-29(39)36(18-26(38)31(3,4)19-41-20(2)37)25-15-7-6-13-23(25)27(34-28)24-14-8-9-16-32-24/h6-17,28H,5,18-19H2,1-4H3,(H2,33,35,40)/t28-/m0/s1. The first-order valence-corrected chi connectivity index (χ1v) is 13.3. The van der Waals surface area contributed by atoms with Crippen LogP contribution in [0.1, 0.15) is 44.5 Å². The highest BCUT2D eigenvalue weighted by atomic mass is 16.5. The lowest BCUT2D eigenvalue weighted by atomic mass is 9.88. The van der Waals surface area contributed by atoms with Crippen LogP contribution in [0.5, 0.6) is 0 Å². The van der Waals surface area contributed by atoms with Crippen LogP contribution in [0, 0.1) is 5.41 Å². The Morgan fingerprint density at radius 1 is 1.02 bits per heavy atom. The number of amides is 3. The third-order valence-corrected chi connectivity index (χ3v) is 6.67. The quantitative estimate of drug-likeness (QED) is 0.382. The Balaban J connectivity index is 1.71. The molecule has 1 aliphatic heterocycles. The molecule has 1 atom stereocenters. The van der Waals surface area contributed by atoms with Gasteiger partial charge < -0.3 is 20.3 Å². The molecule has 0 fully saturated rings. The van der Waals surface area contributed by atoms with Gasteiger partial charge in [0.2, 0.25) is 6.17 Å². The Hall–Kier alpha value is -4.86. The first kappa shape index (κ1) is 29.1. The number of carbonyl (C=O) groups excluding carboxylic acids is 4. The number of fused-ring (bicyclic) bond motifs is 1. The molecule has 3 amide bonds. The summed E-state index contributed by atoms with van der Waals surface area (Å²) >= 11 is 0. The van der Waals surface area contributed by atoms with Gasteiger partial charge in [-0.1, -0.05) is 43.3 Å². The van der Waals surface area contributed by atoms with Crippen molar-refractivity contribution in [3.05, 3.63) is 89.7 Å². The van der Waals surface area contributed by atoms with Crippen molar-refractivity contribution >= 4 is 40.8 Å². The second-order valence-electron chi connectivity index (χ2n) is 10.3. The number of para-hydroxylation sites is 1. The van der Waals surface area contributed by atoms with Crippen LogP contribution in [0.4, 0.5) is 16.2 Å². The number of urea groups is 1. The molecule has 3 aromatic rings. The van der Waals surface area contributed by atoms with Crippen LogP contribution in [0.15, 0.2) is 77.9 Å². The molecule has 0 saturated carbocycles. The molecule has 0 spiro atoms. The van der Waals surface area contributed by atoms with Crippen molar-refractivity contribution in [3.8, 4) is 0 Å². The fraction of sp³-hybridized carbons (Fsp3) is 0.290. The highest BCUT2D eigenvalue weighted by molar-refractivity contribution is 6.20. The molecule has 41 heavy (non-hydrogen) atoms. The molecule has 2 heterocycles. The number of ketones is 1. The average Bonchev–Trinajstić information content (AvgIpc) is 3.07. The molecule has 0 unspecified atom stereocenters. The van der Waals surface area contributed by atoms with Gasteiger partial charge in [-0.05, 0) is 56.2 Å². The van der Waals surface area contributed by atoms with Crippen LogP contribution in [0.3, 0.4) is 0 Å². The van der Waals surface area contributed by atoms with Gasteiger partial charge in [-0.15, -0.1) is 0 Å². The maximum atomic E-state index is 14.0. The number of hydrogen-bond donors (Lipinski definition) is 2. The van der Waals surface area contributed by atoms with Gasteiger partial charge in [-0.25, -0.2) is 9.79 Å². The topological polar surface area (TPSA) is 130 Å². The molecule has 0 aliphatic carbocycles. The molecule has 2 aromatic carbocycles. The first-order valence-electron chi connectivity index (χ1n) is 13.3. The van der Waals surface area contributed by atoms with Crippen molar-refractivity contribution in [3.63, 3.8) is 0 Å². The summed E-state index contributed by atoms with van der Waals surface area (Å²) in [7, 11) is 0. The summed E-state index contributed by atoms with van der Waals surface area (Å²) in [5, 5.41) is 5.44. The number of anilines is 2. The minimum absolute atomic E-state index is 0.137. The molecular weight excluding hydrogens is 522 g/mol. The molecule has 1 aromatic heterocycles. The van der Waals surface area contributed by atoms with Gasteiger partial charge in [0.1, 0.15) is 6.61 Å². The monoisotopic (exact) mass is 555 g/mol. The number of nitrogens with zero attached hydrogens (tertiary/aromatic N) is 3. The molecule has 1 aliphatic rings. The normalized spacial score (nSPS) is 14.8. The SMILES string of the molecule is CCc1cccc(NC(=O)N[C@@H]2N=C(c3ccccn3)c3ccccc3N(CC(=O)C(C)(C)COC(C)=O)C2=O)c1. The van der Waals surface area contributed by atoms with E-state index in [4.69, 9.17) is 4.74 Å². The lowest BCUT2D eigenvalue weighted by Crippen LogP contribution is -2.51. The Morgan fingerprint density at radius 2 is 1.78 bits per heavy atom. The summed E-state index contributed by atoms with van der Waals surface area (Å²) in [4.78, 5) is 62.4. The molecule has 212 valence electrons. The van der Waals surface area contributed by atoms with Crippen molar-refractivity contribution in [1.82, 2.24) is 10.3 Å². The van der Waals surface area contributed by atoms with E-state index in [1.54, 1.807) is 68.6 Å². The van der Waals surface area contributed by atoms with E-state index >= 15 is 0 Å². The third kappa shape index (κ3) is 7.02. The summed E-state index contributed by atoms with van der Waals surface area (Å²) in [5.74, 6) is -1.43. The minimum Gasteiger partial charge on any atom is -0.465 e. The highest BCUT2D eigenvalue weighted by Crippen LogP contribution is 2.29. The lowest BCUT2D eigenvalue weighted by Gasteiger charge is -2.29. The summed E-state index contributed by atoms with van der Waals surface area (Å²) in [6, 6.07) is 19.2. The Kier molecular flexibility index (Phi) is 8.91. The van der Waals surface area contributed by atoms with Gasteiger partial charge in [-0.2, -0.15) is 0 Å². The minimum atomic E-state index is -1.36. The molecule has 0 radical (unpaired) electrons. The summed E-state index contributed by atoms with van der Waals surface area (Å²) in [6.45, 7) is 6.12. The average molecular weight is 556 g/mol. The first-order chi connectivity index (χ1) is 19.6. The predicted octanol–water partition coefficient (Wildman–Crippen LogP) is 4.13. The molecule has 10 heteroatoms. The van der Waals surface area contributed by atoms with Crippen molar-refractivity contribution in [2.75, 3.05) is 23.4 Å². The number of rotatable bonds is 9. The van der Waals surface area contributed by atoms with Gasteiger partial charge in [0.05, 0.1) is 29.1 Å². The smallest absolute Gasteiger partial charge is 0.321 e. The van der Waals surface area contributed by atoms with Gasteiger partial charge in [0.25, 0.3) is 5.91 Å². The number of Topliss-reactive ketones (excluding diaryl/α,β-unsaturated/α-hetero) is 1. The van der Waals surface area contributed by atoms with E-state index in [0.717, 1.165) is 12.0 Å². The van der Waals surface area contributed by atoms with Crippen LogP contribution >= 0.6 is 0 Å². The molecule has 0 saturated heterocycles. The number of hydrogen-bond acceptors (Lipinski definition) is 7. The number of esters is 1. The Labute approximate surface area is 238 Å². The van der Waals surface area contributed by atoms with Crippen LogP contribution in [-0.2, 0) is 25.5 Å². The number of aliphatic imine (C=N–C) groups is 1. The fourth-order valence-corrected chi connectivity index (χ4v) is 4.27. The van der Waals surface area contributed by atoms with Crippen molar-refractivity contribution in [2.45, 2.75) is 40.3 Å². The maximum absolute atomic E-state index is 14.0. The number of benzene rings is 2. The number of benzodiazepines with no additional fused rings is 1. The highest BCUT2D eigenvalue weighted by Gasteiger charge is 2.37. The van der Waals surface area contributed by atoms with E-state index in [0.29, 0.717) is 28.3 Å². The number of pyridine rings is 1. The van der Waals surface area contributed by atoms with Gasteiger partial charge in [0, 0.05) is 24.4 Å². The molecule has 10 nitrogen and oxygen atoms in total.